The molecule has 2 aliphatic heterocycles. The van der Waals surface area contributed by atoms with Gasteiger partial charge in [-0.25, -0.2) is 9.18 Å². The number of urea groups is 1. The fourth-order valence-electron chi connectivity index (χ4n) is 5.87. The van der Waals surface area contributed by atoms with Crippen LogP contribution in [0.1, 0.15) is 63.9 Å². The van der Waals surface area contributed by atoms with Gasteiger partial charge in [0, 0.05) is 30.9 Å². The van der Waals surface area contributed by atoms with Crippen molar-refractivity contribution in [2.24, 2.45) is 4.99 Å². The summed E-state index contributed by atoms with van der Waals surface area (Å²) in [7, 11) is 0. The van der Waals surface area contributed by atoms with Gasteiger partial charge in [-0.05, 0) is 56.4 Å². The van der Waals surface area contributed by atoms with Gasteiger partial charge >= 0.3 is 6.03 Å². The highest BCUT2D eigenvalue weighted by Crippen LogP contribution is 2.39. The number of carbonyl (C=O) groups is 1. The van der Waals surface area contributed by atoms with Crippen molar-refractivity contribution >= 4 is 17.6 Å². The number of piperidine rings is 1. The van der Waals surface area contributed by atoms with E-state index in [0.29, 0.717) is 12.3 Å². The minimum atomic E-state index is -0.572. The van der Waals surface area contributed by atoms with Crippen molar-refractivity contribution in [1.82, 2.24) is 10.2 Å². The van der Waals surface area contributed by atoms with E-state index in [-0.39, 0.29) is 17.9 Å². The van der Waals surface area contributed by atoms with Gasteiger partial charge in [0.1, 0.15) is 22.9 Å². The van der Waals surface area contributed by atoms with Crippen molar-refractivity contribution in [3.8, 4) is 5.75 Å². The molecule has 0 radical (unpaired) electrons. The van der Waals surface area contributed by atoms with Gasteiger partial charge in [-0.1, -0.05) is 50.5 Å². The molecule has 1 N–H and O–H groups in total. The average molecular weight is 493 g/mol. The van der Waals surface area contributed by atoms with Crippen LogP contribution in [0.25, 0.3) is 0 Å². The highest BCUT2D eigenvalue weighted by Gasteiger charge is 2.53. The van der Waals surface area contributed by atoms with E-state index in [2.05, 4.69) is 29.3 Å². The van der Waals surface area contributed by atoms with Gasteiger partial charge in [0.15, 0.2) is 0 Å². The topological polar surface area (TPSA) is 57.2 Å². The number of rotatable bonds is 7. The van der Waals surface area contributed by atoms with Crippen molar-refractivity contribution in [1.29, 1.82) is 0 Å². The lowest BCUT2D eigenvalue weighted by atomic mass is 9.84. The number of likely N-dealkylation sites (tertiary alicyclic amines) is 1. The summed E-state index contributed by atoms with van der Waals surface area (Å²) in [6.45, 7) is 5.24. The Morgan fingerprint density at radius 3 is 2.61 bits per heavy atom. The highest BCUT2D eigenvalue weighted by molar-refractivity contribution is 6.19. The SMILES string of the molecule is CCCOc1ccccc1CN1CCC2(CC1)C(=NC1CCCCC1)NC(=O)N2c1cccc(F)c1. The number of hydrogen-bond donors (Lipinski definition) is 1. The summed E-state index contributed by atoms with van der Waals surface area (Å²) in [6, 6.07) is 14.6. The fraction of sp³-hybridized carbons (Fsp3) is 0.517. The van der Waals surface area contributed by atoms with Gasteiger partial charge in [-0.15, -0.1) is 0 Å². The van der Waals surface area contributed by atoms with E-state index < -0.39 is 5.54 Å². The van der Waals surface area contributed by atoms with Crippen LogP contribution in [-0.4, -0.2) is 48.0 Å². The van der Waals surface area contributed by atoms with Crippen LogP contribution in [0.3, 0.4) is 0 Å². The maximum Gasteiger partial charge on any atom is 0.328 e. The zero-order chi connectivity index (χ0) is 25.0. The molecule has 2 aromatic carbocycles. The molecule has 5 rings (SSSR count). The van der Waals surface area contributed by atoms with Crippen LogP contribution in [0.5, 0.6) is 5.75 Å². The first kappa shape index (κ1) is 24.8. The molecule has 1 aliphatic carbocycles. The van der Waals surface area contributed by atoms with Crippen LogP contribution >= 0.6 is 0 Å². The Kier molecular flexibility index (Phi) is 7.56. The third kappa shape index (κ3) is 5.12. The Labute approximate surface area is 213 Å². The third-order valence-electron chi connectivity index (χ3n) is 7.76. The molecule has 1 saturated carbocycles. The first-order valence-electron chi connectivity index (χ1n) is 13.5. The molecular formula is C29H37FN4O2. The van der Waals surface area contributed by atoms with Crippen molar-refractivity contribution in [2.45, 2.75) is 76.4 Å². The normalized spacial score (nSPS) is 21.8. The average Bonchev–Trinajstić information content (AvgIpc) is 3.15. The molecule has 0 unspecified atom stereocenters. The van der Waals surface area contributed by atoms with E-state index in [0.717, 1.165) is 63.3 Å². The maximum atomic E-state index is 14.2. The van der Waals surface area contributed by atoms with Crippen molar-refractivity contribution in [3.63, 3.8) is 0 Å². The van der Waals surface area contributed by atoms with Crippen LogP contribution in [-0.2, 0) is 6.54 Å². The van der Waals surface area contributed by atoms with E-state index in [4.69, 9.17) is 9.73 Å². The minimum Gasteiger partial charge on any atom is -0.493 e. The number of para-hydroxylation sites is 1. The molecule has 6 nitrogen and oxygen atoms in total. The zero-order valence-corrected chi connectivity index (χ0v) is 21.2. The van der Waals surface area contributed by atoms with Crippen LogP contribution in [0, 0.1) is 5.82 Å². The molecule has 2 aromatic rings. The Morgan fingerprint density at radius 1 is 1.08 bits per heavy atom. The number of amidine groups is 1. The molecule has 1 spiro atoms. The molecule has 36 heavy (non-hydrogen) atoms. The lowest BCUT2D eigenvalue weighted by Crippen LogP contribution is -2.57. The van der Waals surface area contributed by atoms with E-state index in [1.807, 2.05) is 18.2 Å². The minimum absolute atomic E-state index is 0.207. The number of benzene rings is 2. The third-order valence-corrected chi connectivity index (χ3v) is 7.76. The number of carbonyl (C=O) groups excluding carboxylic acids is 1. The van der Waals surface area contributed by atoms with E-state index in [1.54, 1.807) is 11.0 Å². The number of nitrogens with zero attached hydrogens (tertiary/aromatic N) is 3. The lowest BCUT2D eigenvalue weighted by Gasteiger charge is -2.44. The summed E-state index contributed by atoms with van der Waals surface area (Å²) in [4.78, 5) is 22.6. The molecular weight excluding hydrogens is 455 g/mol. The van der Waals surface area contributed by atoms with Gasteiger partial charge in [0.2, 0.25) is 0 Å². The standard InChI is InChI=1S/C29H37FN4O2/c1-2-19-36-26-14-7-6-9-22(26)21-33-17-15-29(16-18-33)27(31-24-11-4-3-5-12-24)32-28(35)34(29)25-13-8-10-23(30)20-25/h6-10,13-14,20,24H,2-5,11-12,15-19,21H2,1H3,(H,31,32,35). The Hall–Kier alpha value is -2.93. The fourth-order valence-corrected chi connectivity index (χ4v) is 5.87. The molecule has 7 heteroatoms. The van der Waals surface area contributed by atoms with Crippen LogP contribution < -0.4 is 15.0 Å². The molecule has 3 aliphatic rings. The molecule has 0 atom stereocenters. The summed E-state index contributed by atoms with van der Waals surface area (Å²) >= 11 is 0. The Morgan fingerprint density at radius 2 is 1.86 bits per heavy atom. The molecule has 3 fully saturated rings. The smallest absolute Gasteiger partial charge is 0.328 e. The van der Waals surface area contributed by atoms with Gasteiger partial charge in [0.25, 0.3) is 0 Å². The van der Waals surface area contributed by atoms with Crippen molar-refractivity contribution < 1.29 is 13.9 Å². The second kappa shape index (κ2) is 11.0. The Bertz CT molecular complexity index is 1090. The number of nitrogens with one attached hydrogen (secondary N) is 1. The van der Waals surface area contributed by atoms with Crippen LogP contribution in [0.4, 0.5) is 14.9 Å². The highest BCUT2D eigenvalue weighted by atomic mass is 19.1. The first-order valence-corrected chi connectivity index (χ1v) is 13.5. The monoisotopic (exact) mass is 492 g/mol. The van der Waals surface area contributed by atoms with E-state index >= 15 is 0 Å². The number of ether oxygens (including phenoxy) is 1. The number of halogens is 1. The molecule has 0 bridgehead atoms. The zero-order valence-electron chi connectivity index (χ0n) is 21.2. The first-order chi connectivity index (χ1) is 17.6. The van der Waals surface area contributed by atoms with Crippen molar-refractivity contribution in [2.75, 3.05) is 24.6 Å². The largest absolute Gasteiger partial charge is 0.493 e. The number of hydrogen-bond acceptors (Lipinski definition) is 4. The van der Waals surface area contributed by atoms with Crippen LogP contribution in [0.15, 0.2) is 53.5 Å². The second-order valence-electron chi connectivity index (χ2n) is 10.3. The van der Waals surface area contributed by atoms with E-state index in [1.165, 1.54) is 37.0 Å². The van der Waals surface area contributed by atoms with Crippen LogP contribution in [0.2, 0.25) is 0 Å². The van der Waals surface area contributed by atoms with Crippen molar-refractivity contribution in [3.05, 3.63) is 59.9 Å². The second-order valence-corrected chi connectivity index (χ2v) is 10.3. The predicted molar refractivity (Wildman–Crippen MR) is 141 cm³/mol. The number of aliphatic imine (C=N–C) groups is 1. The molecule has 2 heterocycles. The predicted octanol–water partition coefficient (Wildman–Crippen LogP) is 5.91. The molecule has 2 amide bonds. The number of amides is 2. The van der Waals surface area contributed by atoms with Gasteiger partial charge in [0.05, 0.1) is 12.6 Å². The quantitative estimate of drug-likeness (QED) is 0.523. The van der Waals surface area contributed by atoms with Gasteiger partial charge in [-0.2, -0.15) is 0 Å². The molecule has 2 saturated heterocycles. The summed E-state index contributed by atoms with van der Waals surface area (Å²) in [5.41, 5.74) is 1.20. The summed E-state index contributed by atoms with van der Waals surface area (Å²) < 4.78 is 20.2. The summed E-state index contributed by atoms with van der Waals surface area (Å²) in [5, 5.41) is 3.10. The number of anilines is 1. The lowest BCUT2D eigenvalue weighted by molar-refractivity contribution is 0.181. The van der Waals surface area contributed by atoms with Gasteiger partial charge < -0.3 is 4.74 Å². The summed E-state index contributed by atoms with van der Waals surface area (Å²) in [6.07, 6.45) is 8.21. The molecule has 0 aromatic heterocycles. The Balaban J connectivity index is 1.40. The molecule has 192 valence electrons. The maximum absolute atomic E-state index is 14.2. The van der Waals surface area contributed by atoms with E-state index in [9.17, 15) is 9.18 Å². The van der Waals surface area contributed by atoms with Gasteiger partial charge in [-0.3, -0.25) is 20.1 Å². The summed E-state index contributed by atoms with van der Waals surface area (Å²) in [5.74, 6) is 1.38.